The summed E-state index contributed by atoms with van der Waals surface area (Å²) in [5.41, 5.74) is 0. The van der Waals surface area contributed by atoms with E-state index in [1.54, 1.807) is 6.92 Å². The number of carbonyl (C=O) groups excluding carboxylic acids is 1. The summed E-state index contributed by atoms with van der Waals surface area (Å²) in [6.45, 7) is 3.81. The summed E-state index contributed by atoms with van der Waals surface area (Å²) in [5.74, 6) is 1.28. The maximum Gasteiger partial charge on any atom is 0.132 e. The van der Waals surface area contributed by atoms with Gasteiger partial charge in [0, 0.05) is 6.42 Å². The molecule has 0 amide bonds. The largest absolute Gasteiger partial charge is 0.392 e. The topological polar surface area (TPSA) is 37.3 Å². The molecule has 1 fully saturated rings. The number of Topliss-reactive ketones (excluding diaryl/α,β-unsaturated/α-hetero) is 1. The third-order valence-electron chi connectivity index (χ3n) is 3.10. The lowest BCUT2D eigenvalue weighted by Crippen LogP contribution is -2.26. The standard InChI is InChI=1S/C11H20O2/c1-8-3-5-10(6-4-8)11(13)7-9(2)12/h8,10-11,13H,3-7H2,1-2H3. The van der Waals surface area contributed by atoms with E-state index in [1.165, 1.54) is 12.8 Å². The molecule has 13 heavy (non-hydrogen) atoms. The number of hydrogen-bond donors (Lipinski definition) is 1. The predicted molar refractivity (Wildman–Crippen MR) is 52.4 cm³/mol. The fraction of sp³-hybridized carbons (Fsp3) is 0.909. The van der Waals surface area contributed by atoms with Crippen molar-refractivity contribution in [3.05, 3.63) is 0 Å². The van der Waals surface area contributed by atoms with Crippen LogP contribution in [0.25, 0.3) is 0 Å². The zero-order valence-corrected chi connectivity index (χ0v) is 8.62. The monoisotopic (exact) mass is 184 g/mol. The molecule has 2 heteroatoms. The molecule has 0 aliphatic heterocycles. The number of carbonyl (C=O) groups is 1. The average Bonchev–Trinajstić information content (AvgIpc) is 2.04. The summed E-state index contributed by atoms with van der Waals surface area (Å²) in [4.78, 5) is 10.8. The van der Waals surface area contributed by atoms with Gasteiger partial charge in [0.15, 0.2) is 0 Å². The number of rotatable bonds is 3. The van der Waals surface area contributed by atoms with Crippen LogP contribution in [-0.4, -0.2) is 17.0 Å². The van der Waals surface area contributed by atoms with Crippen molar-refractivity contribution in [1.29, 1.82) is 0 Å². The molecule has 1 unspecified atom stereocenters. The molecule has 1 saturated carbocycles. The van der Waals surface area contributed by atoms with E-state index in [4.69, 9.17) is 0 Å². The van der Waals surface area contributed by atoms with Gasteiger partial charge in [-0.25, -0.2) is 0 Å². The minimum absolute atomic E-state index is 0.103. The quantitative estimate of drug-likeness (QED) is 0.729. The van der Waals surface area contributed by atoms with E-state index < -0.39 is 0 Å². The van der Waals surface area contributed by atoms with Crippen LogP contribution in [0.1, 0.15) is 46.0 Å². The average molecular weight is 184 g/mol. The van der Waals surface area contributed by atoms with Crippen LogP contribution in [0.4, 0.5) is 0 Å². The molecule has 0 aromatic rings. The highest BCUT2D eigenvalue weighted by Gasteiger charge is 2.25. The van der Waals surface area contributed by atoms with Crippen molar-refractivity contribution in [2.75, 3.05) is 0 Å². The molecule has 1 atom stereocenters. The number of hydrogen-bond acceptors (Lipinski definition) is 2. The van der Waals surface area contributed by atoms with E-state index in [0.717, 1.165) is 18.8 Å². The Balaban J connectivity index is 2.31. The molecule has 0 saturated heterocycles. The summed E-state index contributed by atoms with van der Waals surface area (Å²) in [7, 11) is 0. The van der Waals surface area contributed by atoms with Gasteiger partial charge in [-0.05, 0) is 31.6 Å². The first kappa shape index (κ1) is 10.7. The summed E-state index contributed by atoms with van der Waals surface area (Å²) >= 11 is 0. The second-order valence-corrected chi connectivity index (χ2v) is 4.49. The Morgan fingerprint density at radius 1 is 1.38 bits per heavy atom. The van der Waals surface area contributed by atoms with Crippen molar-refractivity contribution in [1.82, 2.24) is 0 Å². The molecular weight excluding hydrogens is 164 g/mol. The van der Waals surface area contributed by atoms with Crippen LogP contribution in [0, 0.1) is 11.8 Å². The third-order valence-corrected chi connectivity index (χ3v) is 3.10. The van der Waals surface area contributed by atoms with Crippen molar-refractivity contribution in [2.24, 2.45) is 11.8 Å². The Morgan fingerprint density at radius 2 is 1.92 bits per heavy atom. The molecule has 0 aromatic heterocycles. The van der Waals surface area contributed by atoms with Crippen LogP contribution in [0.15, 0.2) is 0 Å². The van der Waals surface area contributed by atoms with E-state index in [9.17, 15) is 9.90 Å². The summed E-state index contributed by atoms with van der Waals surface area (Å²) in [6.07, 6.45) is 4.56. The minimum atomic E-state index is -0.384. The molecule has 2 nitrogen and oxygen atoms in total. The van der Waals surface area contributed by atoms with E-state index in [0.29, 0.717) is 12.3 Å². The Kier molecular flexibility index (Phi) is 3.91. The first-order valence-corrected chi connectivity index (χ1v) is 5.27. The minimum Gasteiger partial charge on any atom is -0.392 e. The van der Waals surface area contributed by atoms with Gasteiger partial charge in [-0.1, -0.05) is 19.8 Å². The molecule has 1 aliphatic carbocycles. The number of ketones is 1. The number of aliphatic hydroxyl groups excluding tert-OH is 1. The molecule has 76 valence electrons. The Bertz CT molecular complexity index is 169. The summed E-state index contributed by atoms with van der Waals surface area (Å²) in [5, 5.41) is 9.71. The Hall–Kier alpha value is -0.370. The molecule has 1 N–H and O–H groups in total. The van der Waals surface area contributed by atoms with Crippen LogP contribution < -0.4 is 0 Å². The third kappa shape index (κ3) is 3.47. The molecular formula is C11H20O2. The zero-order valence-electron chi connectivity index (χ0n) is 8.62. The predicted octanol–water partition coefficient (Wildman–Crippen LogP) is 2.15. The first-order chi connectivity index (χ1) is 6.09. The van der Waals surface area contributed by atoms with E-state index in [1.807, 2.05) is 0 Å². The fourth-order valence-corrected chi connectivity index (χ4v) is 2.13. The van der Waals surface area contributed by atoms with Crippen LogP contribution in [-0.2, 0) is 4.79 Å². The summed E-state index contributed by atoms with van der Waals surface area (Å²) in [6, 6.07) is 0. The van der Waals surface area contributed by atoms with Crippen molar-refractivity contribution >= 4 is 5.78 Å². The lowest BCUT2D eigenvalue weighted by Gasteiger charge is -2.29. The lowest BCUT2D eigenvalue weighted by atomic mass is 9.79. The van der Waals surface area contributed by atoms with Gasteiger partial charge in [-0.3, -0.25) is 4.79 Å². The van der Waals surface area contributed by atoms with Crippen LogP contribution in [0.2, 0.25) is 0 Å². The highest BCUT2D eigenvalue weighted by atomic mass is 16.3. The Labute approximate surface area is 80.3 Å². The van der Waals surface area contributed by atoms with Gasteiger partial charge >= 0.3 is 0 Å². The second-order valence-electron chi connectivity index (χ2n) is 4.49. The highest BCUT2D eigenvalue weighted by molar-refractivity contribution is 5.75. The number of aliphatic hydroxyl groups is 1. The van der Waals surface area contributed by atoms with Gasteiger partial charge in [0.25, 0.3) is 0 Å². The second kappa shape index (κ2) is 4.75. The molecule has 0 radical (unpaired) electrons. The first-order valence-electron chi connectivity index (χ1n) is 5.27. The van der Waals surface area contributed by atoms with Crippen molar-refractivity contribution in [2.45, 2.75) is 52.1 Å². The van der Waals surface area contributed by atoms with Gasteiger partial charge in [0.1, 0.15) is 5.78 Å². The molecule has 0 heterocycles. The van der Waals surface area contributed by atoms with E-state index >= 15 is 0 Å². The molecule has 0 spiro atoms. The smallest absolute Gasteiger partial charge is 0.132 e. The zero-order chi connectivity index (χ0) is 9.84. The molecule has 1 aliphatic rings. The highest BCUT2D eigenvalue weighted by Crippen LogP contribution is 2.31. The van der Waals surface area contributed by atoms with Gasteiger partial charge in [-0.15, -0.1) is 0 Å². The fourth-order valence-electron chi connectivity index (χ4n) is 2.13. The van der Waals surface area contributed by atoms with Crippen molar-refractivity contribution in [3.8, 4) is 0 Å². The van der Waals surface area contributed by atoms with Crippen molar-refractivity contribution in [3.63, 3.8) is 0 Å². The summed E-state index contributed by atoms with van der Waals surface area (Å²) < 4.78 is 0. The van der Waals surface area contributed by atoms with Crippen LogP contribution >= 0.6 is 0 Å². The van der Waals surface area contributed by atoms with E-state index in [-0.39, 0.29) is 11.9 Å². The van der Waals surface area contributed by atoms with Crippen LogP contribution in [0.5, 0.6) is 0 Å². The van der Waals surface area contributed by atoms with Gasteiger partial charge in [-0.2, -0.15) is 0 Å². The maximum absolute atomic E-state index is 10.8. The molecule has 1 rings (SSSR count). The molecule has 0 aromatic carbocycles. The Morgan fingerprint density at radius 3 is 2.38 bits per heavy atom. The molecule has 0 bridgehead atoms. The lowest BCUT2D eigenvalue weighted by molar-refractivity contribution is -0.119. The SMILES string of the molecule is CC(=O)CC(O)C1CCC(C)CC1. The van der Waals surface area contributed by atoms with Gasteiger partial charge in [0.05, 0.1) is 6.10 Å². The maximum atomic E-state index is 10.8. The van der Waals surface area contributed by atoms with Gasteiger partial charge < -0.3 is 5.11 Å². The van der Waals surface area contributed by atoms with Gasteiger partial charge in [0.2, 0.25) is 0 Å². The van der Waals surface area contributed by atoms with E-state index in [2.05, 4.69) is 6.92 Å². The van der Waals surface area contributed by atoms with Crippen molar-refractivity contribution < 1.29 is 9.90 Å². The van der Waals surface area contributed by atoms with Crippen LogP contribution in [0.3, 0.4) is 0 Å². The normalized spacial score (nSPS) is 31.3.